The maximum absolute atomic E-state index is 12.4. The monoisotopic (exact) mass is 1420 g/mol. The van der Waals surface area contributed by atoms with Gasteiger partial charge in [0.2, 0.25) is 17.7 Å². The van der Waals surface area contributed by atoms with Crippen LogP contribution < -0.4 is 50.2 Å². The number of fused-ring (bicyclic) bond motifs is 3. The lowest BCUT2D eigenvalue weighted by molar-refractivity contribution is -0.120. The highest BCUT2D eigenvalue weighted by atomic mass is 32.1. The number of amides is 4. The fourth-order valence-electron chi connectivity index (χ4n) is 14.1. The van der Waals surface area contributed by atoms with Crippen LogP contribution in [0.15, 0.2) is 126 Å². The zero-order valence-corrected chi connectivity index (χ0v) is 60.7. The van der Waals surface area contributed by atoms with Crippen molar-refractivity contribution in [1.29, 1.82) is 0 Å². The molecule has 4 N–H and O–H groups in total. The van der Waals surface area contributed by atoms with Crippen LogP contribution in [0.2, 0.25) is 0 Å². The highest BCUT2D eigenvalue weighted by Crippen LogP contribution is 2.41. The summed E-state index contributed by atoms with van der Waals surface area (Å²) in [6.07, 6.45) is 1.13. The van der Waals surface area contributed by atoms with Crippen LogP contribution in [0.25, 0.3) is 64.0 Å². The number of carbonyl (C=O) groups excluding carboxylic acids is 4. The average molecular weight is 1420 g/mol. The van der Waals surface area contributed by atoms with Crippen LogP contribution in [-0.4, -0.2) is 190 Å². The Balaban J connectivity index is 0.000000129. The quantitative estimate of drug-likeness (QED) is 0.0707. The van der Waals surface area contributed by atoms with Gasteiger partial charge in [0.1, 0.15) is 41.2 Å². The van der Waals surface area contributed by atoms with Crippen molar-refractivity contribution in [2.24, 2.45) is 17.8 Å². The first-order chi connectivity index (χ1) is 49.0. The van der Waals surface area contributed by atoms with E-state index in [2.05, 4.69) is 172 Å². The molecule has 4 amide bonds. The van der Waals surface area contributed by atoms with E-state index >= 15 is 0 Å². The Bertz CT molecular complexity index is 4360. The van der Waals surface area contributed by atoms with E-state index < -0.39 is 5.60 Å². The molecule has 101 heavy (non-hydrogen) atoms. The van der Waals surface area contributed by atoms with Crippen molar-refractivity contribution in [1.82, 2.24) is 46.0 Å². The minimum absolute atomic E-state index is 0.0420. The average Bonchev–Trinajstić information content (AvgIpc) is 1.44. The first-order valence-electron chi connectivity index (χ1n) is 35.5. The van der Waals surface area contributed by atoms with Crippen molar-refractivity contribution >= 4 is 106 Å². The predicted molar refractivity (Wildman–Crippen MR) is 402 cm³/mol. The van der Waals surface area contributed by atoms with Crippen LogP contribution in [0.1, 0.15) is 60.8 Å². The molecule has 7 aliphatic rings. The molecule has 10 heterocycles. The van der Waals surface area contributed by atoms with Gasteiger partial charge < -0.3 is 64.6 Å². The normalized spacial score (nSPS) is 20.7. The summed E-state index contributed by atoms with van der Waals surface area (Å²) in [6, 6.07) is 39.4. The lowest BCUT2D eigenvalue weighted by Gasteiger charge is -2.43. The molecular formula is C77H90N12O9S3. The molecule has 24 heteroatoms. The first kappa shape index (κ1) is 69.4. The number of anilines is 3. The summed E-state index contributed by atoms with van der Waals surface area (Å²) in [5.41, 5.74) is 18.2. The summed E-state index contributed by atoms with van der Waals surface area (Å²) in [5, 5.41) is 12.1. The summed E-state index contributed by atoms with van der Waals surface area (Å²) in [6.45, 7) is 26.8. The Hall–Kier alpha value is -8.65. The van der Waals surface area contributed by atoms with Gasteiger partial charge in [-0.2, -0.15) is 0 Å². The van der Waals surface area contributed by atoms with E-state index in [1.54, 1.807) is 38.9 Å². The van der Waals surface area contributed by atoms with Crippen molar-refractivity contribution in [3.05, 3.63) is 126 Å². The van der Waals surface area contributed by atoms with Crippen LogP contribution in [0, 0.1) is 17.8 Å². The van der Waals surface area contributed by atoms with Crippen molar-refractivity contribution in [2.45, 2.75) is 90.8 Å². The number of rotatable bonds is 16. The molecule has 6 atom stereocenters. The molecule has 0 bridgehead atoms. The number of carbonyl (C=O) groups is 4. The number of ether oxygens (including phenoxy) is 5. The molecule has 0 aliphatic carbocycles. The van der Waals surface area contributed by atoms with Crippen LogP contribution in [0.3, 0.4) is 0 Å². The molecule has 21 nitrogen and oxygen atoms in total. The summed E-state index contributed by atoms with van der Waals surface area (Å²) in [4.78, 5) is 72.4. The Morgan fingerprint density at radius 2 is 0.822 bits per heavy atom. The van der Waals surface area contributed by atoms with E-state index in [1.165, 1.54) is 11.4 Å². The molecule has 9 aromatic rings. The fourth-order valence-corrected chi connectivity index (χ4v) is 16.3. The standard InChI is InChI=1S/C28H34N4O4S.C26H30N4O3S.C23H26N4O2S/c1-18(21-15-25(33)29-16-21)35-24-14-20(13-23-26(24)37-17-30-23)19-5-7-22(8-6-19)31-9-11-32(12-10-31)27(34)36-28(2,3)4;1-17(20-12-25(31)27-13-20)33-24-11-19(10-23-26(24)34-16-28-23)18-2-4-21(5-3-18)29-6-8-30(9-7-29)22-14-32-15-22;1-15(18-12-22(28)25-13-18)29-21-11-17(10-20-23(21)30-14-26-20)16-2-4-19(5-3-16)27-8-6-24-7-9-27/h5-8,13-14,17-18,21H,9-12,15-16H2,1-4H3,(H,29,33);2-5,10-11,16-17,20,22H,6-9,12-15H2,1H3,(H,27,31);2-5,10-11,14-15,18,24H,6-9,12-13H2,1H3,(H,25,28)/t18-,21-;17-,20-;15-,18-/m111/s1. The van der Waals surface area contributed by atoms with Gasteiger partial charge in [-0.3, -0.25) is 19.3 Å². The van der Waals surface area contributed by atoms with Crippen molar-refractivity contribution in [3.63, 3.8) is 0 Å². The van der Waals surface area contributed by atoms with E-state index in [0.717, 1.165) is 166 Å². The minimum atomic E-state index is -0.485. The number of thiazole rings is 3. The zero-order chi connectivity index (χ0) is 69.7. The van der Waals surface area contributed by atoms with Gasteiger partial charge in [-0.15, -0.1) is 34.0 Å². The molecule has 7 saturated heterocycles. The van der Waals surface area contributed by atoms with Crippen LogP contribution >= 0.6 is 34.0 Å². The number of hydrogen-bond acceptors (Lipinski definition) is 20. The van der Waals surface area contributed by atoms with Crippen LogP contribution in [0.5, 0.6) is 17.2 Å². The smallest absolute Gasteiger partial charge is 0.410 e. The van der Waals surface area contributed by atoms with Gasteiger partial charge in [0.05, 0.1) is 66.4 Å². The highest BCUT2D eigenvalue weighted by molar-refractivity contribution is 7.17. The first-order valence-corrected chi connectivity index (χ1v) is 38.1. The van der Waals surface area contributed by atoms with E-state index in [1.807, 2.05) is 51.2 Å². The fraction of sp³-hybridized carbons (Fsp3) is 0.442. The molecule has 16 rings (SSSR count). The summed E-state index contributed by atoms with van der Waals surface area (Å²) in [7, 11) is 0. The van der Waals surface area contributed by atoms with E-state index in [4.69, 9.17) is 23.7 Å². The van der Waals surface area contributed by atoms with E-state index in [9.17, 15) is 19.2 Å². The van der Waals surface area contributed by atoms with Crippen molar-refractivity contribution in [2.75, 3.05) is 126 Å². The van der Waals surface area contributed by atoms with Crippen LogP contribution in [-0.2, 0) is 23.9 Å². The second-order valence-corrected chi connectivity index (χ2v) is 30.9. The van der Waals surface area contributed by atoms with Crippen molar-refractivity contribution in [3.8, 4) is 50.6 Å². The highest BCUT2D eigenvalue weighted by Gasteiger charge is 2.34. The summed E-state index contributed by atoms with van der Waals surface area (Å²) >= 11 is 4.75. The molecule has 530 valence electrons. The molecular weight excluding hydrogens is 1330 g/mol. The van der Waals surface area contributed by atoms with Gasteiger partial charge >= 0.3 is 6.09 Å². The molecule has 7 fully saturated rings. The molecule has 0 saturated carbocycles. The summed E-state index contributed by atoms with van der Waals surface area (Å²) < 4.78 is 33.1. The Labute approximate surface area is 601 Å². The number of nitrogens with one attached hydrogen (secondary N) is 4. The molecule has 6 aromatic carbocycles. The predicted octanol–water partition coefficient (Wildman–Crippen LogP) is 11.6. The largest absolute Gasteiger partial charge is 0.489 e. The number of benzene rings is 6. The minimum Gasteiger partial charge on any atom is -0.489 e. The van der Waals surface area contributed by atoms with Gasteiger partial charge in [-0.1, -0.05) is 36.4 Å². The van der Waals surface area contributed by atoms with Gasteiger partial charge in [0.25, 0.3) is 0 Å². The Morgan fingerprint density at radius 1 is 0.475 bits per heavy atom. The number of aromatic nitrogens is 3. The third-order valence-electron chi connectivity index (χ3n) is 20.3. The van der Waals surface area contributed by atoms with Gasteiger partial charge in [0.15, 0.2) is 0 Å². The molecule has 7 aliphatic heterocycles. The number of nitrogens with zero attached hydrogens (tertiary/aromatic N) is 8. The van der Waals surface area contributed by atoms with Gasteiger partial charge in [0, 0.05) is 152 Å². The topological polar surface area (TPSA) is 217 Å². The van der Waals surface area contributed by atoms with Gasteiger partial charge in [-0.25, -0.2) is 19.7 Å². The van der Waals surface area contributed by atoms with E-state index in [-0.39, 0.29) is 59.9 Å². The van der Waals surface area contributed by atoms with Crippen LogP contribution in [0.4, 0.5) is 21.9 Å². The maximum Gasteiger partial charge on any atom is 0.410 e. The summed E-state index contributed by atoms with van der Waals surface area (Å²) in [5.74, 6) is 3.36. The molecule has 3 aromatic heterocycles. The zero-order valence-electron chi connectivity index (χ0n) is 58.3. The lowest BCUT2D eigenvalue weighted by Crippen LogP contribution is -2.56. The third-order valence-corrected chi connectivity index (χ3v) is 22.9. The molecule has 0 spiro atoms. The van der Waals surface area contributed by atoms with Crippen molar-refractivity contribution < 1.29 is 42.9 Å². The number of hydrogen-bond donors (Lipinski definition) is 4. The molecule has 0 radical (unpaired) electrons. The maximum atomic E-state index is 12.4. The van der Waals surface area contributed by atoms with Gasteiger partial charge in [-0.05, 0) is 148 Å². The second kappa shape index (κ2) is 30.9. The third kappa shape index (κ3) is 16.6. The Kier molecular flexibility index (Phi) is 21.2. The van der Waals surface area contributed by atoms with E-state index in [0.29, 0.717) is 58.0 Å². The molecule has 0 unspecified atom stereocenters. The number of piperazine rings is 3. The lowest BCUT2D eigenvalue weighted by atomic mass is 10.0. The second-order valence-electron chi connectivity index (χ2n) is 28.3. The SMILES string of the molecule is C[C@@H](Oc1cc(-c2ccc(N3CCN(C(=O)OC(C)(C)C)CC3)cc2)cc2ncsc12)[C@H]1CNC(=O)C1.C[C@@H](Oc1cc(-c2ccc(N3CCN(C4COC4)CC3)cc2)cc2ncsc12)[C@H]1CNC(=O)C1.C[C@@H](Oc1cc(-c2ccc(N3CCNCC3)cc2)cc2ncsc12)[C@H]1CNC(=O)C1. The Morgan fingerprint density at radius 3 is 1.14 bits per heavy atom.